The summed E-state index contributed by atoms with van der Waals surface area (Å²) in [5, 5.41) is 42.3. The van der Waals surface area contributed by atoms with Gasteiger partial charge in [-0.25, -0.2) is 4.79 Å². The zero-order valence-corrected chi connectivity index (χ0v) is 21.7. The molecule has 1 spiro atoms. The largest absolute Gasteiger partial charge is 0.508 e. The second-order valence-electron chi connectivity index (χ2n) is 12.1. The summed E-state index contributed by atoms with van der Waals surface area (Å²) in [6.45, 7) is 4.04. The summed E-state index contributed by atoms with van der Waals surface area (Å²) in [5.74, 6) is -2.96. The van der Waals surface area contributed by atoms with Gasteiger partial charge in [-0.2, -0.15) is 0 Å². The van der Waals surface area contributed by atoms with Crippen molar-refractivity contribution in [2.45, 2.75) is 57.7 Å². The number of allylic oxidation sites excluding steroid dienone is 2. The number of Topliss-reactive ketones (excluding diaryl/α,β-unsaturated/α-hetero) is 1. The first-order valence-electron chi connectivity index (χ1n) is 13.2. The van der Waals surface area contributed by atoms with Crippen molar-refractivity contribution in [2.24, 2.45) is 22.7 Å². The molecule has 2 saturated heterocycles. The molecule has 2 heterocycles. The number of phenols is 3. The van der Waals surface area contributed by atoms with E-state index in [1.807, 2.05) is 13.0 Å². The zero-order chi connectivity index (χ0) is 27.9. The van der Waals surface area contributed by atoms with Crippen LogP contribution >= 0.6 is 0 Å². The second kappa shape index (κ2) is 8.32. The minimum Gasteiger partial charge on any atom is -0.508 e. The standard InChI is InChI=1S/C30H31NO8/c1-28(9-8-22(34)31-23-20(33)7-6-18(24(23)35)27(37)38)25-21-11-16-12-30(25,14-29(16,2)39-21)13-19(26(28)36)15-4-3-5-17(32)10-15/h3-7,10,13,16,21,25,32-33,35H,8-9,11-12,14H2,1-2H3,(H,31,34)(H,37,38)/t16-,21-,25-,28-,29-,30+/m0/s1. The molecule has 9 nitrogen and oxygen atoms in total. The number of anilines is 1. The zero-order valence-electron chi connectivity index (χ0n) is 21.7. The third-order valence-corrected chi connectivity index (χ3v) is 9.66. The SMILES string of the molecule is C[C@]12C[C@@]34C=C(c5cccc(O)c5)C(=O)[C@@](C)(CCC(=O)Nc5c(O)ccc(C(=O)O)c5O)[C@@H]3[C@H](C[C@H]1C4)O2. The Bertz CT molecular complexity index is 1460. The summed E-state index contributed by atoms with van der Waals surface area (Å²) >= 11 is 0. The number of carbonyl (C=O) groups excluding carboxylic acids is 2. The molecule has 39 heavy (non-hydrogen) atoms. The average Bonchev–Trinajstić information content (AvgIpc) is 3.23. The number of hydrogen-bond acceptors (Lipinski definition) is 7. The summed E-state index contributed by atoms with van der Waals surface area (Å²) in [6.07, 6.45) is 4.63. The molecule has 0 unspecified atom stereocenters. The lowest BCUT2D eigenvalue weighted by Crippen LogP contribution is -2.57. The van der Waals surface area contributed by atoms with Gasteiger partial charge < -0.3 is 30.5 Å². The Balaban J connectivity index is 1.33. The van der Waals surface area contributed by atoms with Gasteiger partial charge in [0.25, 0.3) is 0 Å². The van der Waals surface area contributed by atoms with Crippen LogP contribution in [0.5, 0.6) is 17.2 Å². The van der Waals surface area contributed by atoms with Crippen molar-refractivity contribution in [1.29, 1.82) is 0 Å². The van der Waals surface area contributed by atoms with Crippen molar-refractivity contribution in [1.82, 2.24) is 0 Å². The molecule has 0 aromatic heterocycles. The van der Waals surface area contributed by atoms with Gasteiger partial charge >= 0.3 is 5.97 Å². The number of carboxylic acids is 1. The number of carbonyl (C=O) groups is 3. The number of ether oxygens (including phenoxy) is 1. The molecule has 2 aliphatic heterocycles. The third-order valence-electron chi connectivity index (χ3n) is 9.66. The van der Waals surface area contributed by atoms with Crippen LogP contribution in [-0.4, -0.2) is 49.8 Å². The molecule has 3 aliphatic carbocycles. The number of phenolic OH excluding ortho intramolecular Hbond substituents is 2. The molecule has 1 amide bonds. The third kappa shape index (κ3) is 3.66. The predicted octanol–water partition coefficient (Wildman–Crippen LogP) is 4.47. The summed E-state index contributed by atoms with van der Waals surface area (Å²) in [4.78, 5) is 38.7. The van der Waals surface area contributed by atoms with Crippen LogP contribution in [0, 0.1) is 22.7 Å². The molecule has 5 aliphatic rings. The van der Waals surface area contributed by atoms with Crippen molar-refractivity contribution in [3.05, 3.63) is 53.6 Å². The molecule has 5 N–H and O–H groups in total. The summed E-state index contributed by atoms with van der Waals surface area (Å²) in [6, 6.07) is 8.79. The van der Waals surface area contributed by atoms with Crippen LogP contribution in [0.25, 0.3) is 5.57 Å². The second-order valence-corrected chi connectivity index (χ2v) is 12.1. The van der Waals surface area contributed by atoms with Crippen LogP contribution in [0.4, 0.5) is 5.69 Å². The minimum atomic E-state index is -1.40. The van der Waals surface area contributed by atoms with E-state index in [-0.39, 0.29) is 53.1 Å². The number of aromatic carboxylic acids is 1. The summed E-state index contributed by atoms with van der Waals surface area (Å²) in [5.41, 5.74) is -1.13. The maximum atomic E-state index is 14.2. The van der Waals surface area contributed by atoms with Crippen molar-refractivity contribution >= 4 is 28.9 Å². The van der Waals surface area contributed by atoms with Crippen LogP contribution in [0.1, 0.15) is 61.9 Å². The van der Waals surface area contributed by atoms with E-state index < -0.39 is 34.4 Å². The highest BCUT2D eigenvalue weighted by molar-refractivity contribution is 6.24. The van der Waals surface area contributed by atoms with Gasteiger partial charge in [0.05, 0.1) is 11.7 Å². The Morgan fingerprint density at radius 2 is 1.90 bits per heavy atom. The number of rotatable bonds is 6. The topological polar surface area (TPSA) is 153 Å². The molecule has 4 bridgehead atoms. The monoisotopic (exact) mass is 533 g/mol. The van der Waals surface area contributed by atoms with Crippen molar-refractivity contribution < 1.29 is 39.5 Å². The van der Waals surface area contributed by atoms with Crippen LogP contribution < -0.4 is 5.32 Å². The first-order valence-corrected chi connectivity index (χ1v) is 13.2. The van der Waals surface area contributed by atoms with Gasteiger partial charge in [-0.1, -0.05) is 25.1 Å². The number of amides is 1. The highest BCUT2D eigenvalue weighted by atomic mass is 16.5. The fourth-order valence-corrected chi connectivity index (χ4v) is 8.16. The highest BCUT2D eigenvalue weighted by Crippen LogP contribution is 2.72. The first kappa shape index (κ1) is 25.4. The van der Waals surface area contributed by atoms with E-state index in [4.69, 9.17) is 4.74 Å². The predicted molar refractivity (Wildman–Crippen MR) is 140 cm³/mol. The van der Waals surface area contributed by atoms with E-state index in [1.165, 1.54) is 0 Å². The van der Waals surface area contributed by atoms with Crippen molar-refractivity contribution in [2.75, 3.05) is 5.32 Å². The number of benzene rings is 2. The molecule has 7 rings (SSSR count). The summed E-state index contributed by atoms with van der Waals surface area (Å²) < 4.78 is 6.53. The van der Waals surface area contributed by atoms with Gasteiger partial charge in [-0.15, -0.1) is 0 Å². The lowest BCUT2D eigenvalue weighted by molar-refractivity contribution is -0.168. The molecular formula is C30H31NO8. The van der Waals surface area contributed by atoms with Gasteiger partial charge in [-0.3, -0.25) is 9.59 Å². The van der Waals surface area contributed by atoms with Gasteiger partial charge in [0.2, 0.25) is 5.91 Å². The lowest BCUT2D eigenvalue weighted by Gasteiger charge is -2.56. The van der Waals surface area contributed by atoms with Gasteiger partial charge in [0, 0.05) is 23.3 Å². The fourth-order valence-electron chi connectivity index (χ4n) is 8.16. The normalized spacial score (nSPS) is 34.1. The van der Waals surface area contributed by atoms with Gasteiger partial charge in [-0.05, 0) is 73.8 Å². The molecule has 2 aromatic rings. The maximum absolute atomic E-state index is 14.2. The van der Waals surface area contributed by atoms with Crippen molar-refractivity contribution in [3.63, 3.8) is 0 Å². The Hall–Kier alpha value is -3.85. The fraction of sp³-hybridized carbons (Fsp3) is 0.433. The molecule has 2 saturated carbocycles. The summed E-state index contributed by atoms with van der Waals surface area (Å²) in [7, 11) is 0. The Morgan fingerprint density at radius 1 is 1.13 bits per heavy atom. The van der Waals surface area contributed by atoms with E-state index in [0.717, 1.165) is 31.4 Å². The van der Waals surface area contributed by atoms with Crippen LogP contribution in [0.15, 0.2) is 42.5 Å². The van der Waals surface area contributed by atoms with E-state index in [2.05, 4.69) is 18.3 Å². The molecule has 2 aromatic carbocycles. The molecule has 6 atom stereocenters. The first-order chi connectivity index (χ1) is 18.4. The van der Waals surface area contributed by atoms with Gasteiger partial charge in [0.1, 0.15) is 22.7 Å². The molecule has 4 fully saturated rings. The van der Waals surface area contributed by atoms with Crippen LogP contribution in [0.3, 0.4) is 0 Å². The highest BCUT2D eigenvalue weighted by Gasteiger charge is 2.72. The molecule has 204 valence electrons. The lowest BCUT2D eigenvalue weighted by atomic mass is 9.49. The Morgan fingerprint density at radius 3 is 2.59 bits per heavy atom. The number of carboxylic acid groups (broad SMARTS) is 1. The maximum Gasteiger partial charge on any atom is 0.339 e. The Labute approximate surface area is 225 Å². The van der Waals surface area contributed by atoms with Crippen molar-refractivity contribution in [3.8, 4) is 17.2 Å². The Kier molecular flexibility index (Phi) is 5.43. The number of ketones is 1. The molecular weight excluding hydrogens is 502 g/mol. The number of hydrogen-bond donors (Lipinski definition) is 5. The van der Waals surface area contributed by atoms with Crippen LogP contribution in [-0.2, 0) is 14.3 Å². The van der Waals surface area contributed by atoms with E-state index in [9.17, 15) is 34.8 Å². The van der Waals surface area contributed by atoms with E-state index >= 15 is 0 Å². The van der Waals surface area contributed by atoms with Gasteiger partial charge in [0.15, 0.2) is 11.5 Å². The number of nitrogens with one attached hydrogen (secondary N) is 1. The number of aromatic hydroxyl groups is 3. The smallest absolute Gasteiger partial charge is 0.339 e. The minimum absolute atomic E-state index is 0.0659. The molecule has 0 radical (unpaired) electrons. The van der Waals surface area contributed by atoms with E-state index in [1.54, 1.807) is 18.2 Å². The quantitative estimate of drug-likeness (QED) is 0.341. The molecule has 9 heteroatoms. The average molecular weight is 534 g/mol. The van der Waals surface area contributed by atoms with Crippen LogP contribution in [0.2, 0.25) is 0 Å². The van der Waals surface area contributed by atoms with E-state index in [0.29, 0.717) is 17.1 Å².